The number of nitrogens with zero attached hydrogens (tertiary/aromatic N) is 3. The SMILES string of the molecule is CCOC(=O)c1nnn(-c2cc(OC)ccc2F)c1N. The van der Waals surface area contributed by atoms with Gasteiger partial charge in [0.1, 0.15) is 17.3 Å². The number of hydrogen-bond acceptors (Lipinski definition) is 6. The van der Waals surface area contributed by atoms with E-state index in [9.17, 15) is 9.18 Å². The molecule has 0 saturated carbocycles. The van der Waals surface area contributed by atoms with Gasteiger partial charge in [-0.2, -0.15) is 4.68 Å². The molecular formula is C12H13FN4O3. The van der Waals surface area contributed by atoms with Gasteiger partial charge >= 0.3 is 5.97 Å². The van der Waals surface area contributed by atoms with Gasteiger partial charge in [-0.05, 0) is 19.1 Å². The van der Waals surface area contributed by atoms with Crippen molar-refractivity contribution in [1.29, 1.82) is 0 Å². The standard InChI is InChI=1S/C12H13FN4O3/c1-3-20-12(18)10-11(14)17(16-15-10)9-6-7(19-2)4-5-8(9)13/h4-6H,3,14H2,1-2H3. The molecule has 0 bridgehead atoms. The molecule has 2 N–H and O–H groups in total. The highest BCUT2D eigenvalue weighted by molar-refractivity contribution is 5.92. The molecule has 0 amide bonds. The van der Waals surface area contributed by atoms with E-state index in [1.807, 2.05) is 0 Å². The maximum absolute atomic E-state index is 13.8. The summed E-state index contributed by atoms with van der Waals surface area (Å²) < 4.78 is 24.6. The van der Waals surface area contributed by atoms with Crippen LogP contribution in [0.5, 0.6) is 5.75 Å². The highest BCUT2D eigenvalue weighted by Gasteiger charge is 2.21. The second-order valence-corrected chi connectivity index (χ2v) is 3.77. The van der Waals surface area contributed by atoms with Crippen molar-refractivity contribution < 1.29 is 18.7 Å². The molecule has 2 aromatic rings. The summed E-state index contributed by atoms with van der Waals surface area (Å²) in [6.45, 7) is 1.83. The summed E-state index contributed by atoms with van der Waals surface area (Å²) >= 11 is 0. The van der Waals surface area contributed by atoms with Crippen LogP contribution in [0, 0.1) is 5.82 Å². The van der Waals surface area contributed by atoms with Gasteiger partial charge < -0.3 is 15.2 Å². The van der Waals surface area contributed by atoms with Crippen LogP contribution >= 0.6 is 0 Å². The van der Waals surface area contributed by atoms with Crippen LogP contribution in [0.1, 0.15) is 17.4 Å². The van der Waals surface area contributed by atoms with Gasteiger partial charge in [-0.3, -0.25) is 0 Å². The Hall–Kier alpha value is -2.64. The number of aromatic nitrogens is 3. The van der Waals surface area contributed by atoms with Gasteiger partial charge in [0, 0.05) is 6.07 Å². The molecule has 106 valence electrons. The lowest BCUT2D eigenvalue weighted by Gasteiger charge is -2.07. The highest BCUT2D eigenvalue weighted by atomic mass is 19.1. The molecule has 0 atom stereocenters. The maximum Gasteiger partial charge on any atom is 0.362 e. The van der Waals surface area contributed by atoms with Crippen LogP contribution in [0.25, 0.3) is 5.69 Å². The van der Waals surface area contributed by atoms with E-state index in [1.54, 1.807) is 6.92 Å². The Balaban J connectivity index is 2.46. The predicted octanol–water partition coefficient (Wildman–Crippen LogP) is 1.17. The van der Waals surface area contributed by atoms with Crippen molar-refractivity contribution in [3.05, 3.63) is 29.7 Å². The van der Waals surface area contributed by atoms with Gasteiger partial charge in [0.05, 0.1) is 13.7 Å². The number of hydrogen-bond donors (Lipinski definition) is 1. The first-order chi connectivity index (χ1) is 9.58. The zero-order chi connectivity index (χ0) is 14.7. The van der Waals surface area contributed by atoms with E-state index in [0.717, 1.165) is 4.68 Å². The zero-order valence-electron chi connectivity index (χ0n) is 11.0. The molecule has 0 aliphatic carbocycles. The summed E-state index contributed by atoms with van der Waals surface area (Å²) in [6.07, 6.45) is 0. The average molecular weight is 280 g/mol. The quantitative estimate of drug-likeness (QED) is 0.845. The van der Waals surface area contributed by atoms with Gasteiger partial charge in [-0.25, -0.2) is 9.18 Å². The van der Waals surface area contributed by atoms with Crippen LogP contribution in [0.3, 0.4) is 0 Å². The lowest BCUT2D eigenvalue weighted by atomic mass is 10.3. The Labute approximate surface area is 114 Å². The number of nitrogens with two attached hydrogens (primary N) is 1. The number of carbonyl (C=O) groups is 1. The van der Waals surface area contributed by atoms with Crippen LogP contribution in [0.4, 0.5) is 10.2 Å². The first-order valence-electron chi connectivity index (χ1n) is 5.80. The Morgan fingerprint density at radius 1 is 1.50 bits per heavy atom. The first-order valence-corrected chi connectivity index (χ1v) is 5.80. The predicted molar refractivity (Wildman–Crippen MR) is 68.2 cm³/mol. The molecule has 0 aliphatic heterocycles. The van der Waals surface area contributed by atoms with Gasteiger partial charge in [0.25, 0.3) is 0 Å². The van der Waals surface area contributed by atoms with E-state index in [4.69, 9.17) is 15.2 Å². The summed E-state index contributed by atoms with van der Waals surface area (Å²) in [7, 11) is 1.45. The van der Waals surface area contributed by atoms with Crippen molar-refractivity contribution in [1.82, 2.24) is 15.0 Å². The normalized spacial score (nSPS) is 10.3. The van der Waals surface area contributed by atoms with Gasteiger partial charge in [0.15, 0.2) is 5.82 Å². The Kier molecular flexibility index (Phi) is 3.83. The molecule has 0 aliphatic rings. The molecular weight excluding hydrogens is 267 g/mol. The maximum atomic E-state index is 13.8. The largest absolute Gasteiger partial charge is 0.497 e. The number of methoxy groups -OCH3 is 1. The second-order valence-electron chi connectivity index (χ2n) is 3.77. The van der Waals surface area contributed by atoms with E-state index < -0.39 is 11.8 Å². The molecule has 0 saturated heterocycles. The fourth-order valence-electron chi connectivity index (χ4n) is 1.59. The second kappa shape index (κ2) is 5.55. The summed E-state index contributed by atoms with van der Waals surface area (Å²) in [4.78, 5) is 11.6. The van der Waals surface area contributed by atoms with E-state index in [2.05, 4.69) is 10.3 Å². The highest BCUT2D eigenvalue weighted by Crippen LogP contribution is 2.23. The summed E-state index contributed by atoms with van der Waals surface area (Å²) in [6, 6.07) is 4.06. The van der Waals surface area contributed by atoms with Gasteiger partial charge in [-0.1, -0.05) is 5.21 Å². The minimum absolute atomic E-state index is 0.0323. The molecule has 0 fully saturated rings. The monoisotopic (exact) mass is 280 g/mol. The molecule has 0 unspecified atom stereocenters. The average Bonchev–Trinajstić information content (AvgIpc) is 2.81. The van der Waals surface area contributed by atoms with Gasteiger partial charge in [-0.15, -0.1) is 5.10 Å². The van der Waals surface area contributed by atoms with E-state index >= 15 is 0 Å². The van der Waals surface area contributed by atoms with E-state index in [-0.39, 0.29) is 23.8 Å². The third kappa shape index (κ3) is 2.40. The number of rotatable bonds is 4. The molecule has 1 aromatic carbocycles. The van der Waals surface area contributed by atoms with Crippen molar-refractivity contribution in [3.8, 4) is 11.4 Å². The molecule has 20 heavy (non-hydrogen) atoms. The number of esters is 1. The Bertz CT molecular complexity index is 642. The summed E-state index contributed by atoms with van der Waals surface area (Å²) in [5, 5.41) is 7.28. The minimum atomic E-state index is -0.709. The molecule has 1 aromatic heterocycles. The van der Waals surface area contributed by atoms with Crippen LogP contribution in [0.2, 0.25) is 0 Å². The van der Waals surface area contributed by atoms with Crippen molar-refractivity contribution in [2.45, 2.75) is 6.92 Å². The Morgan fingerprint density at radius 3 is 2.90 bits per heavy atom. The van der Waals surface area contributed by atoms with Crippen molar-refractivity contribution in [3.63, 3.8) is 0 Å². The Morgan fingerprint density at radius 2 is 2.25 bits per heavy atom. The van der Waals surface area contributed by atoms with Crippen LogP contribution in [-0.2, 0) is 4.74 Å². The van der Waals surface area contributed by atoms with Crippen LogP contribution in [-0.4, -0.2) is 34.7 Å². The number of nitrogen functional groups attached to an aromatic ring is 1. The fourth-order valence-corrected chi connectivity index (χ4v) is 1.59. The van der Waals surface area contributed by atoms with Crippen molar-refractivity contribution in [2.75, 3.05) is 19.5 Å². The number of carbonyl (C=O) groups excluding carboxylic acids is 1. The first kappa shape index (κ1) is 13.8. The third-order valence-electron chi connectivity index (χ3n) is 2.56. The topological polar surface area (TPSA) is 92.3 Å². The van der Waals surface area contributed by atoms with Crippen LogP contribution in [0.15, 0.2) is 18.2 Å². The van der Waals surface area contributed by atoms with E-state index in [1.165, 1.54) is 25.3 Å². The number of benzene rings is 1. The molecule has 0 spiro atoms. The molecule has 7 nitrogen and oxygen atoms in total. The number of anilines is 1. The number of ether oxygens (including phenoxy) is 2. The van der Waals surface area contributed by atoms with Crippen molar-refractivity contribution in [2.24, 2.45) is 0 Å². The minimum Gasteiger partial charge on any atom is -0.497 e. The molecule has 1 heterocycles. The molecule has 0 radical (unpaired) electrons. The summed E-state index contributed by atoms with van der Waals surface area (Å²) in [5.41, 5.74) is 5.63. The summed E-state index contributed by atoms with van der Waals surface area (Å²) in [5.74, 6) is -0.957. The van der Waals surface area contributed by atoms with Crippen LogP contribution < -0.4 is 10.5 Å². The van der Waals surface area contributed by atoms with Gasteiger partial charge in [0.2, 0.25) is 5.69 Å². The molecule has 2 rings (SSSR count). The zero-order valence-corrected chi connectivity index (χ0v) is 11.0. The smallest absolute Gasteiger partial charge is 0.362 e. The lowest BCUT2D eigenvalue weighted by Crippen LogP contribution is -2.10. The van der Waals surface area contributed by atoms with E-state index in [0.29, 0.717) is 5.75 Å². The van der Waals surface area contributed by atoms with Crippen molar-refractivity contribution >= 4 is 11.8 Å². The number of halogens is 1. The molecule has 8 heteroatoms. The lowest BCUT2D eigenvalue weighted by molar-refractivity contribution is 0.0520. The third-order valence-corrected chi connectivity index (χ3v) is 2.56. The fraction of sp³-hybridized carbons (Fsp3) is 0.250.